The van der Waals surface area contributed by atoms with Crippen LogP contribution < -0.4 is 5.32 Å². The molecule has 0 aromatic heterocycles. The largest absolute Gasteiger partial charge is 0.347 e. The van der Waals surface area contributed by atoms with Gasteiger partial charge in [-0.2, -0.15) is 0 Å². The van der Waals surface area contributed by atoms with Crippen molar-refractivity contribution in [3.63, 3.8) is 0 Å². The van der Waals surface area contributed by atoms with Crippen molar-refractivity contribution in [1.82, 2.24) is 15.1 Å². The SMILES string of the molecule is CN=C(NCC(=O)N1CCCC1)N1CC2CCCCC2C1. The molecule has 2 aliphatic heterocycles. The lowest BCUT2D eigenvalue weighted by atomic mass is 9.82. The topological polar surface area (TPSA) is 47.9 Å². The van der Waals surface area contributed by atoms with E-state index in [1.807, 2.05) is 11.9 Å². The molecule has 1 aliphatic carbocycles. The number of nitrogens with zero attached hydrogens (tertiary/aromatic N) is 3. The molecule has 5 heteroatoms. The zero-order chi connectivity index (χ0) is 14.7. The predicted octanol–water partition coefficient (Wildman–Crippen LogP) is 1.31. The van der Waals surface area contributed by atoms with Crippen LogP contribution in [0.4, 0.5) is 0 Å². The fourth-order valence-corrected chi connectivity index (χ4v) is 4.14. The van der Waals surface area contributed by atoms with Gasteiger partial charge in [0.2, 0.25) is 5.91 Å². The number of hydrogen-bond acceptors (Lipinski definition) is 2. The van der Waals surface area contributed by atoms with Crippen LogP contribution in [0, 0.1) is 11.8 Å². The van der Waals surface area contributed by atoms with Crippen LogP contribution in [0.5, 0.6) is 0 Å². The number of amides is 1. The van der Waals surface area contributed by atoms with Gasteiger partial charge in [0.25, 0.3) is 0 Å². The molecular weight excluding hydrogens is 264 g/mol. The van der Waals surface area contributed by atoms with Gasteiger partial charge in [-0.1, -0.05) is 12.8 Å². The molecule has 3 aliphatic rings. The number of carbonyl (C=O) groups excluding carboxylic acids is 1. The Morgan fingerprint density at radius 2 is 1.67 bits per heavy atom. The molecule has 0 spiro atoms. The van der Waals surface area contributed by atoms with E-state index in [9.17, 15) is 4.79 Å². The highest BCUT2D eigenvalue weighted by Crippen LogP contribution is 2.35. The lowest BCUT2D eigenvalue weighted by molar-refractivity contribution is -0.128. The monoisotopic (exact) mass is 292 g/mol. The summed E-state index contributed by atoms with van der Waals surface area (Å²) >= 11 is 0. The zero-order valence-corrected chi connectivity index (χ0v) is 13.2. The van der Waals surface area contributed by atoms with Gasteiger partial charge in [-0.05, 0) is 37.5 Å². The van der Waals surface area contributed by atoms with Crippen LogP contribution in [0.2, 0.25) is 0 Å². The van der Waals surface area contributed by atoms with Crippen LogP contribution in [0.15, 0.2) is 4.99 Å². The fraction of sp³-hybridized carbons (Fsp3) is 0.875. The van der Waals surface area contributed by atoms with Gasteiger partial charge in [0.15, 0.2) is 5.96 Å². The van der Waals surface area contributed by atoms with Gasteiger partial charge < -0.3 is 15.1 Å². The van der Waals surface area contributed by atoms with Crippen molar-refractivity contribution in [2.24, 2.45) is 16.8 Å². The Labute approximate surface area is 127 Å². The number of nitrogens with one attached hydrogen (secondary N) is 1. The number of guanidine groups is 1. The number of carbonyl (C=O) groups is 1. The average Bonchev–Trinajstić information content (AvgIpc) is 3.17. The molecule has 2 atom stereocenters. The predicted molar refractivity (Wildman–Crippen MR) is 84.2 cm³/mol. The summed E-state index contributed by atoms with van der Waals surface area (Å²) in [6.07, 6.45) is 7.80. The minimum atomic E-state index is 0.213. The van der Waals surface area contributed by atoms with E-state index in [1.54, 1.807) is 0 Å². The van der Waals surface area contributed by atoms with E-state index >= 15 is 0 Å². The van der Waals surface area contributed by atoms with Crippen molar-refractivity contribution in [3.05, 3.63) is 0 Å². The van der Waals surface area contributed by atoms with Gasteiger partial charge >= 0.3 is 0 Å². The quantitative estimate of drug-likeness (QED) is 0.616. The van der Waals surface area contributed by atoms with Crippen LogP contribution in [-0.4, -0.2) is 61.4 Å². The lowest BCUT2D eigenvalue weighted by Gasteiger charge is -2.23. The molecule has 5 nitrogen and oxygen atoms in total. The molecular formula is C16H28N4O. The minimum absolute atomic E-state index is 0.213. The van der Waals surface area contributed by atoms with Gasteiger partial charge in [0.1, 0.15) is 0 Å². The number of hydrogen-bond donors (Lipinski definition) is 1. The van der Waals surface area contributed by atoms with Gasteiger partial charge in [-0.25, -0.2) is 0 Å². The van der Waals surface area contributed by atoms with Crippen LogP contribution >= 0.6 is 0 Å². The van der Waals surface area contributed by atoms with Gasteiger partial charge in [0, 0.05) is 33.2 Å². The van der Waals surface area contributed by atoms with Gasteiger partial charge in [-0.3, -0.25) is 9.79 Å². The molecule has 0 aromatic rings. The standard InChI is InChI=1S/C16H28N4O/c1-17-16(18-10-15(21)19-8-4-5-9-19)20-11-13-6-2-3-7-14(13)12-20/h13-14H,2-12H2,1H3,(H,17,18). The number of aliphatic imine (C=N–C) groups is 1. The maximum absolute atomic E-state index is 12.1. The summed E-state index contributed by atoms with van der Waals surface area (Å²) in [5, 5.41) is 3.28. The lowest BCUT2D eigenvalue weighted by Crippen LogP contribution is -2.45. The molecule has 118 valence electrons. The summed E-state index contributed by atoms with van der Waals surface area (Å²) in [7, 11) is 1.82. The third-order valence-corrected chi connectivity index (χ3v) is 5.34. The van der Waals surface area contributed by atoms with Crippen molar-refractivity contribution in [3.8, 4) is 0 Å². The van der Waals surface area contributed by atoms with Crippen LogP contribution in [0.3, 0.4) is 0 Å². The summed E-state index contributed by atoms with van der Waals surface area (Å²) < 4.78 is 0. The molecule has 0 aromatic carbocycles. The molecule has 0 bridgehead atoms. The Balaban J connectivity index is 1.50. The third kappa shape index (κ3) is 3.33. The van der Waals surface area contributed by atoms with Crippen molar-refractivity contribution in [1.29, 1.82) is 0 Å². The Hall–Kier alpha value is -1.26. The van der Waals surface area contributed by atoms with E-state index in [0.29, 0.717) is 6.54 Å². The molecule has 1 N–H and O–H groups in total. The van der Waals surface area contributed by atoms with E-state index in [1.165, 1.54) is 25.7 Å². The maximum Gasteiger partial charge on any atom is 0.241 e. The fourth-order valence-electron chi connectivity index (χ4n) is 4.14. The number of likely N-dealkylation sites (tertiary alicyclic amines) is 2. The molecule has 3 rings (SSSR count). The Morgan fingerprint density at radius 3 is 2.24 bits per heavy atom. The average molecular weight is 292 g/mol. The highest BCUT2D eigenvalue weighted by atomic mass is 16.2. The second-order valence-corrected chi connectivity index (χ2v) is 6.70. The second kappa shape index (κ2) is 6.67. The molecule has 21 heavy (non-hydrogen) atoms. The summed E-state index contributed by atoms with van der Waals surface area (Å²) in [6, 6.07) is 0. The molecule has 3 fully saturated rings. The Morgan fingerprint density at radius 1 is 1.05 bits per heavy atom. The number of rotatable bonds is 2. The van der Waals surface area contributed by atoms with E-state index in [2.05, 4.69) is 15.2 Å². The highest BCUT2D eigenvalue weighted by molar-refractivity contribution is 5.86. The minimum Gasteiger partial charge on any atom is -0.347 e. The first kappa shape index (κ1) is 14.7. The smallest absolute Gasteiger partial charge is 0.241 e. The zero-order valence-electron chi connectivity index (χ0n) is 13.2. The summed E-state index contributed by atoms with van der Waals surface area (Å²) in [5.41, 5.74) is 0. The van der Waals surface area contributed by atoms with Crippen molar-refractivity contribution in [2.45, 2.75) is 38.5 Å². The molecule has 1 saturated carbocycles. The van der Waals surface area contributed by atoms with E-state index in [0.717, 1.165) is 56.8 Å². The molecule has 2 saturated heterocycles. The molecule has 2 heterocycles. The Kier molecular flexibility index (Phi) is 4.66. The highest BCUT2D eigenvalue weighted by Gasteiger charge is 2.35. The van der Waals surface area contributed by atoms with Crippen LogP contribution in [-0.2, 0) is 4.79 Å². The van der Waals surface area contributed by atoms with E-state index < -0.39 is 0 Å². The van der Waals surface area contributed by atoms with Crippen LogP contribution in [0.25, 0.3) is 0 Å². The van der Waals surface area contributed by atoms with Crippen molar-refractivity contribution in [2.75, 3.05) is 39.8 Å². The first-order valence-electron chi connectivity index (χ1n) is 8.51. The van der Waals surface area contributed by atoms with Gasteiger partial charge in [-0.15, -0.1) is 0 Å². The first-order valence-corrected chi connectivity index (χ1v) is 8.51. The molecule has 1 amide bonds. The summed E-state index contributed by atoms with van der Waals surface area (Å²) in [4.78, 5) is 20.8. The normalized spacial score (nSPS) is 29.7. The van der Waals surface area contributed by atoms with E-state index in [-0.39, 0.29) is 5.91 Å². The molecule has 2 unspecified atom stereocenters. The van der Waals surface area contributed by atoms with E-state index in [4.69, 9.17) is 0 Å². The van der Waals surface area contributed by atoms with Crippen LogP contribution in [0.1, 0.15) is 38.5 Å². The van der Waals surface area contributed by atoms with Crippen molar-refractivity contribution >= 4 is 11.9 Å². The molecule has 0 radical (unpaired) electrons. The first-order chi connectivity index (χ1) is 10.3. The number of fused-ring (bicyclic) bond motifs is 1. The third-order valence-electron chi connectivity index (χ3n) is 5.34. The maximum atomic E-state index is 12.1. The van der Waals surface area contributed by atoms with Gasteiger partial charge in [0.05, 0.1) is 6.54 Å². The summed E-state index contributed by atoms with van der Waals surface area (Å²) in [6.45, 7) is 4.46. The van der Waals surface area contributed by atoms with Crippen molar-refractivity contribution < 1.29 is 4.79 Å². The summed E-state index contributed by atoms with van der Waals surface area (Å²) in [5.74, 6) is 2.81. The Bertz CT molecular complexity index is 389. The second-order valence-electron chi connectivity index (χ2n) is 6.70.